The maximum absolute atomic E-state index is 11.7. The highest BCUT2D eigenvalue weighted by Gasteiger charge is 2.53. The number of pyridine rings is 1. The van der Waals surface area contributed by atoms with E-state index in [1.54, 1.807) is 12.1 Å². The lowest BCUT2D eigenvalue weighted by atomic mass is 10.4. The van der Waals surface area contributed by atoms with Crippen LogP contribution in [0, 0.1) is 11.8 Å². The van der Waals surface area contributed by atoms with E-state index >= 15 is 0 Å². The number of rotatable bonds is 4. The number of halogens is 1. The number of nitrogens with zero attached hydrogens (tertiary/aromatic N) is 1. The van der Waals surface area contributed by atoms with Crippen molar-refractivity contribution in [3.8, 4) is 5.88 Å². The maximum atomic E-state index is 11.7. The van der Waals surface area contributed by atoms with E-state index in [1.165, 1.54) is 6.20 Å². The van der Waals surface area contributed by atoms with Gasteiger partial charge in [0.1, 0.15) is 0 Å². The highest BCUT2D eigenvalue weighted by atomic mass is 35.5. The van der Waals surface area contributed by atoms with Crippen LogP contribution in [0.5, 0.6) is 5.88 Å². The number of piperidine rings is 1. The van der Waals surface area contributed by atoms with E-state index in [2.05, 4.69) is 15.6 Å². The van der Waals surface area contributed by atoms with Crippen molar-refractivity contribution in [3.63, 3.8) is 0 Å². The third-order valence-corrected chi connectivity index (χ3v) is 3.69. The van der Waals surface area contributed by atoms with Crippen LogP contribution in [0.15, 0.2) is 18.3 Å². The zero-order valence-electron chi connectivity index (χ0n) is 9.73. The Morgan fingerprint density at radius 3 is 2.94 bits per heavy atom. The van der Waals surface area contributed by atoms with Gasteiger partial charge in [-0.25, -0.2) is 4.98 Å². The van der Waals surface area contributed by atoms with E-state index in [1.807, 2.05) is 0 Å². The standard InChI is InChI=1S/C12H14ClN3O2/c13-7-1-2-11(15-3-7)18-6-10(17)16-12-8-4-14-5-9(8)12/h1-3,8-9,12,14H,4-6H2,(H,16,17)/t8-,9+,12?. The van der Waals surface area contributed by atoms with Gasteiger partial charge >= 0.3 is 0 Å². The number of nitrogens with one attached hydrogen (secondary N) is 2. The molecule has 1 aromatic rings. The van der Waals surface area contributed by atoms with Crippen molar-refractivity contribution in [1.29, 1.82) is 0 Å². The van der Waals surface area contributed by atoms with Gasteiger partial charge in [-0.2, -0.15) is 0 Å². The zero-order valence-corrected chi connectivity index (χ0v) is 10.5. The molecule has 3 rings (SSSR count). The Balaban J connectivity index is 1.43. The van der Waals surface area contributed by atoms with Gasteiger partial charge in [-0.05, 0) is 17.9 Å². The molecule has 0 bridgehead atoms. The molecule has 2 N–H and O–H groups in total. The molecule has 0 spiro atoms. The number of ether oxygens (including phenoxy) is 1. The summed E-state index contributed by atoms with van der Waals surface area (Å²) in [5.74, 6) is 1.54. The van der Waals surface area contributed by atoms with E-state index in [-0.39, 0.29) is 12.5 Å². The minimum atomic E-state index is -0.0915. The molecule has 5 nitrogen and oxygen atoms in total. The van der Waals surface area contributed by atoms with Gasteiger partial charge in [-0.1, -0.05) is 11.6 Å². The number of amides is 1. The summed E-state index contributed by atoms with van der Waals surface area (Å²) in [6.07, 6.45) is 1.49. The molecule has 2 aliphatic rings. The molecule has 1 unspecified atom stereocenters. The summed E-state index contributed by atoms with van der Waals surface area (Å²) in [6.45, 7) is 2.02. The van der Waals surface area contributed by atoms with E-state index in [0.717, 1.165) is 13.1 Å². The van der Waals surface area contributed by atoms with Crippen LogP contribution < -0.4 is 15.4 Å². The van der Waals surface area contributed by atoms with Crippen molar-refractivity contribution in [3.05, 3.63) is 23.4 Å². The smallest absolute Gasteiger partial charge is 0.258 e. The van der Waals surface area contributed by atoms with Crippen LogP contribution in [0.2, 0.25) is 5.02 Å². The fourth-order valence-electron chi connectivity index (χ4n) is 2.45. The van der Waals surface area contributed by atoms with Crippen molar-refractivity contribution < 1.29 is 9.53 Å². The normalized spacial score (nSPS) is 28.6. The van der Waals surface area contributed by atoms with Crippen LogP contribution >= 0.6 is 11.6 Å². The summed E-state index contributed by atoms with van der Waals surface area (Å²) in [5, 5.41) is 6.81. The van der Waals surface area contributed by atoms with Crippen molar-refractivity contribution in [2.45, 2.75) is 6.04 Å². The largest absolute Gasteiger partial charge is 0.468 e. The van der Waals surface area contributed by atoms with Crippen LogP contribution in [0.25, 0.3) is 0 Å². The molecule has 1 aliphatic heterocycles. The number of hydrogen-bond donors (Lipinski definition) is 2. The van der Waals surface area contributed by atoms with Crippen molar-refractivity contribution >= 4 is 17.5 Å². The summed E-state index contributed by atoms with van der Waals surface area (Å²) in [7, 11) is 0. The van der Waals surface area contributed by atoms with E-state index in [9.17, 15) is 4.79 Å². The fourth-order valence-corrected chi connectivity index (χ4v) is 2.56. The van der Waals surface area contributed by atoms with Crippen LogP contribution in [0.4, 0.5) is 0 Å². The Labute approximate surface area is 110 Å². The van der Waals surface area contributed by atoms with E-state index < -0.39 is 0 Å². The molecule has 1 saturated carbocycles. The first kappa shape index (κ1) is 11.7. The van der Waals surface area contributed by atoms with Crippen LogP contribution in [-0.2, 0) is 4.79 Å². The van der Waals surface area contributed by atoms with Crippen LogP contribution in [0.3, 0.4) is 0 Å². The molecule has 2 fully saturated rings. The Hall–Kier alpha value is -1.33. The predicted molar refractivity (Wildman–Crippen MR) is 66.5 cm³/mol. The van der Waals surface area contributed by atoms with Crippen LogP contribution in [0.1, 0.15) is 0 Å². The molecular weight excluding hydrogens is 254 g/mol. The SMILES string of the molecule is O=C(COc1ccc(Cl)cn1)NC1[C@H]2CNC[C@@H]12. The second-order valence-electron chi connectivity index (χ2n) is 4.68. The summed E-state index contributed by atoms with van der Waals surface area (Å²) in [4.78, 5) is 15.6. The van der Waals surface area contributed by atoms with Gasteiger partial charge in [0.2, 0.25) is 5.88 Å². The van der Waals surface area contributed by atoms with Crippen molar-refractivity contribution in [2.75, 3.05) is 19.7 Å². The molecule has 1 amide bonds. The van der Waals surface area contributed by atoms with Gasteiger partial charge < -0.3 is 15.4 Å². The minimum absolute atomic E-state index is 0.00198. The second-order valence-corrected chi connectivity index (χ2v) is 5.12. The molecule has 0 radical (unpaired) electrons. The highest BCUT2D eigenvalue weighted by molar-refractivity contribution is 6.30. The number of fused-ring (bicyclic) bond motifs is 1. The zero-order chi connectivity index (χ0) is 12.5. The Morgan fingerprint density at radius 2 is 2.28 bits per heavy atom. The first-order chi connectivity index (χ1) is 8.74. The third kappa shape index (κ3) is 2.42. The van der Waals surface area contributed by atoms with Gasteiger partial charge in [-0.3, -0.25) is 4.79 Å². The Kier molecular flexibility index (Phi) is 3.09. The second kappa shape index (κ2) is 4.74. The van der Waals surface area contributed by atoms with Gasteiger partial charge in [0.15, 0.2) is 6.61 Å². The summed E-state index contributed by atoms with van der Waals surface area (Å²) in [6, 6.07) is 3.66. The van der Waals surface area contributed by atoms with E-state index in [0.29, 0.717) is 28.8 Å². The molecule has 1 aliphatic carbocycles. The molecule has 2 heterocycles. The molecule has 96 valence electrons. The van der Waals surface area contributed by atoms with E-state index in [4.69, 9.17) is 16.3 Å². The van der Waals surface area contributed by atoms with Gasteiger partial charge in [0, 0.05) is 31.4 Å². The Bertz CT molecular complexity index is 441. The minimum Gasteiger partial charge on any atom is -0.468 e. The molecule has 1 saturated heterocycles. The highest BCUT2D eigenvalue weighted by Crippen LogP contribution is 2.41. The quantitative estimate of drug-likeness (QED) is 0.831. The average Bonchev–Trinajstić information content (AvgIpc) is 2.81. The monoisotopic (exact) mass is 267 g/mol. The van der Waals surface area contributed by atoms with Gasteiger partial charge in [0.25, 0.3) is 5.91 Å². The molecule has 1 aromatic heterocycles. The van der Waals surface area contributed by atoms with Crippen molar-refractivity contribution in [1.82, 2.24) is 15.6 Å². The molecule has 0 aromatic carbocycles. The first-order valence-corrected chi connectivity index (χ1v) is 6.36. The number of carbonyl (C=O) groups excluding carboxylic acids is 1. The molecule has 6 heteroatoms. The number of hydrogen-bond acceptors (Lipinski definition) is 4. The maximum Gasteiger partial charge on any atom is 0.258 e. The summed E-state index contributed by atoms with van der Waals surface area (Å²) in [5.41, 5.74) is 0. The lowest BCUT2D eigenvalue weighted by Gasteiger charge is -2.08. The van der Waals surface area contributed by atoms with Gasteiger partial charge in [0.05, 0.1) is 5.02 Å². The summed E-state index contributed by atoms with van der Waals surface area (Å²) >= 11 is 5.70. The fraction of sp³-hybridized carbons (Fsp3) is 0.500. The van der Waals surface area contributed by atoms with Crippen LogP contribution in [-0.4, -0.2) is 36.6 Å². The molecule has 3 atom stereocenters. The van der Waals surface area contributed by atoms with Gasteiger partial charge in [-0.15, -0.1) is 0 Å². The lowest BCUT2D eigenvalue weighted by Crippen LogP contribution is -2.35. The number of carbonyl (C=O) groups is 1. The molecule has 18 heavy (non-hydrogen) atoms. The lowest BCUT2D eigenvalue weighted by molar-refractivity contribution is -0.123. The third-order valence-electron chi connectivity index (χ3n) is 3.47. The summed E-state index contributed by atoms with van der Waals surface area (Å²) < 4.78 is 5.28. The topological polar surface area (TPSA) is 63.2 Å². The van der Waals surface area contributed by atoms with Crippen molar-refractivity contribution in [2.24, 2.45) is 11.8 Å². The first-order valence-electron chi connectivity index (χ1n) is 5.98. The molecular formula is C12H14ClN3O2. The predicted octanol–water partition coefficient (Wildman–Crippen LogP) is 0.448. The average molecular weight is 268 g/mol. The Morgan fingerprint density at radius 1 is 1.50 bits per heavy atom. The number of aromatic nitrogens is 1.